The highest BCUT2D eigenvalue weighted by Gasteiger charge is 2.46. The van der Waals surface area contributed by atoms with E-state index in [0.29, 0.717) is 13.1 Å². The van der Waals surface area contributed by atoms with E-state index >= 15 is 0 Å². The number of halogens is 1. The fourth-order valence-electron chi connectivity index (χ4n) is 1.61. The topological polar surface area (TPSA) is 53.3 Å². The molecule has 0 N–H and O–H groups in total. The number of nitrogens with zero attached hydrogens (tertiary/aromatic N) is 2. The van der Waals surface area contributed by atoms with Crippen LogP contribution in [0.25, 0.3) is 0 Å². The molecule has 0 aliphatic carbocycles. The maximum atomic E-state index is 11.6. The molecular formula is C11H17BrN2O2. The third-order valence-electron chi connectivity index (χ3n) is 2.45. The molecule has 1 heterocycles. The predicted molar refractivity (Wildman–Crippen MR) is 64.3 cm³/mol. The van der Waals surface area contributed by atoms with Crippen LogP contribution in [0.5, 0.6) is 0 Å². The van der Waals surface area contributed by atoms with Crippen molar-refractivity contribution in [2.24, 2.45) is 5.41 Å². The number of nitriles is 1. The Hall–Kier alpha value is -0.760. The summed E-state index contributed by atoms with van der Waals surface area (Å²) in [6, 6.07) is 2.28. The lowest BCUT2D eigenvalue weighted by atomic mass is 9.79. The number of rotatable bonds is 2. The maximum absolute atomic E-state index is 11.6. The van der Waals surface area contributed by atoms with E-state index in [0.717, 1.165) is 11.8 Å². The lowest BCUT2D eigenvalue weighted by molar-refractivity contribution is -0.0168. The molecule has 1 amide bonds. The third kappa shape index (κ3) is 3.11. The summed E-state index contributed by atoms with van der Waals surface area (Å²) in [5.41, 5.74) is -0.849. The fraction of sp³-hybridized carbons (Fsp3) is 0.818. The molecule has 1 aliphatic rings. The van der Waals surface area contributed by atoms with Crippen LogP contribution >= 0.6 is 15.9 Å². The quantitative estimate of drug-likeness (QED) is 0.734. The number of carbonyl (C=O) groups excluding carboxylic acids is 1. The lowest BCUT2D eigenvalue weighted by Gasteiger charge is -2.45. The largest absolute Gasteiger partial charge is 0.444 e. The van der Waals surface area contributed by atoms with Gasteiger partial charge in [-0.15, -0.1) is 0 Å². The van der Waals surface area contributed by atoms with Gasteiger partial charge in [-0.2, -0.15) is 5.26 Å². The van der Waals surface area contributed by atoms with Crippen LogP contribution in [-0.4, -0.2) is 35.0 Å². The van der Waals surface area contributed by atoms with Gasteiger partial charge in [0.1, 0.15) is 5.60 Å². The van der Waals surface area contributed by atoms with Gasteiger partial charge in [0.25, 0.3) is 0 Å². The van der Waals surface area contributed by atoms with Crippen LogP contribution in [0, 0.1) is 16.7 Å². The molecule has 0 unspecified atom stereocenters. The minimum atomic E-state index is -0.475. The summed E-state index contributed by atoms with van der Waals surface area (Å²) in [7, 11) is 0. The Morgan fingerprint density at radius 2 is 2.12 bits per heavy atom. The van der Waals surface area contributed by atoms with Crippen molar-refractivity contribution in [2.45, 2.75) is 32.8 Å². The molecule has 5 heteroatoms. The highest BCUT2D eigenvalue weighted by Crippen LogP contribution is 2.34. The van der Waals surface area contributed by atoms with Gasteiger partial charge < -0.3 is 9.64 Å². The van der Waals surface area contributed by atoms with Gasteiger partial charge in [-0.25, -0.2) is 4.79 Å². The summed E-state index contributed by atoms with van der Waals surface area (Å²) in [6.45, 7) is 6.45. The van der Waals surface area contributed by atoms with Crippen molar-refractivity contribution in [3.8, 4) is 6.07 Å². The molecule has 0 bridgehead atoms. The number of hydrogen-bond donors (Lipinski definition) is 0. The van der Waals surface area contributed by atoms with E-state index in [-0.39, 0.29) is 11.5 Å². The number of hydrogen-bond acceptors (Lipinski definition) is 3. The standard InChI is InChI=1S/C11H17BrN2O2/c1-10(2,3)16-9(15)14-7-11(6-13,8-14)4-5-12/h4-5,7-8H2,1-3H3. The first-order valence-corrected chi connectivity index (χ1v) is 6.39. The van der Waals surface area contributed by atoms with Crippen LogP contribution in [0.2, 0.25) is 0 Å². The van der Waals surface area contributed by atoms with Gasteiger partial charge in [-0.3, -0.25) is 0 Å². The summed E-state index contributed by atoms with van der Waals surface area (Å²) in [4.78, 5) is 13.2. The van der Waals surface area contributed by atoms with E-state index in [1.165, 1.54) is 0 Å². The molecule has 4 nitrogen and oxygen atoms in total. The number of alkyl halides is 1. The predicted octanol–water partition coefficient (Wildman–Crippen LogP) is 2.53. The first kappa shape index (κ1) is 13.3. The average Bonchev–Trinajstić information content (AvgIpc) is 2.07. The molecule has 0 aromatic rings. The maximum Gasteiger partial charge on any atom is 0.410 e. The second kappa shape index (κ2) is 4.62. The summed E-state index contributed by atoms with van der Waals surface area (Å²) in [5, 5.41) is 9.83. The smallest absolute Gasteiger partial charge is 0.410 e. The normalized spacial score (nSPS) is 18.6. The minimum Gasteiger partial charge on any atom is -0.444 e. The summed E-state index contributed by atoms with van der Waals surface area (Å²) < 4.78 is 5.22. The number of ether oxygens (including phenoxy) is 1. The highest BCUT2D eigenvalue weighted by atomic mass is 79.9. The Morgan fingerprint density at radius 3 is 2.50 bits per heavy atom. The van der Waals surface area contributed by atoms with Crippen molar-refractivity contribution in [1.82, 2.24) is 4.90 Å². The van der Waals surface area contributed by atoms with Crippen molar-refractivity contribution in [3.05, 3.63) is 0 Å². The van der Waals surface area contributed by atoms with Crippen LogP contribution in [-0.2, 0) is 4.74 Å². The lowest BCUT2D eigenvalue weighted by Crippen LogP contribution is -2.58. The Morgan fingerprint density at radius 1 is 1.56 bits per heavy atom. The Balaban J connectivity index is 2.46. The molecule has 0 aromatic carbocycles. The zero-order chi connectivity index (χ0) is 12.4. The van der Waals surface area contributed by atoms with Gasteiger partial charge in [0.2, 0.25) is 0 Å². The van der Waals surface area contributed by atoms with Gasteiger partial charge in [-0.05, 0) is 27.2 Å². The van der Waals surface area contributed by atoms with Crippen LogP contribution in [0.15, 0.2) is 0 Å². The molecule has 16 heavy (non-hydrogen) atoms. The van der Waals surface area contributed by atoms with Gasteiger partial charge in [0, 0.05) is 18.4 Å². The van der Waals surface area contributed by atoms with E-state index in [4.69, 9.17) is 10.00 Å². The molecule has 0 saturated carbocycles. The second-order valence-corrected chi connectivity index (χ2v) is 5.96. The molecule has 1 saturated heterocycles. The average molecular weight is 289 g/mol. The summed E-state index contributed by atoms with van der Waals surface area (Å²) >= 11 is 3.32. The minimum absolute atomic E-state index is 0.326. The van der Waals surface area contributed by atoms with Gasteiger partial charge in [-0.1, -0.05) is 15.9 Å². The second-order valence-electron chi connectivity index (χ2n) is 5.17. The van der Waals surface area contributed by atoms with Gasteiger partial charge >= 0.3 is 6.09 Å². The Bertz CT molecular complexity index is 311. The number of carbonyl (C=O) groups is 1. The van der Waals surface area contributed by atoms with Crippen LogP contribution < -0.4 is 0 Å². The number of likely N-dealkylation sites (tertiary alicyclic amines) is 1. The molecule has 0 atom stereocenters. The van der Waals surface area contributed by atoms with Crippen LogP contribution in [0.4, 0.5) is 4.79 Å². The third-order valence-corrected chi connectivity index (χ3v) is 2.85. The van der Waals surface area contributed by atoms with Gasteiger partial charge in [0.15, 0.2) is 0 Å². The van der Waals surface area contributed by atoms with Crippen molar-refractivity contribution in [3.63, 3.8) is 0 Å². The first-order valence-electron chi connectivity index (χ1n) is 5.27. The van der Waals surface area contributed by atoms with E-state index in [2.05, 4.69) is 22.0 Å². The zero-order valence-electron chi connectivity index (χ0n) is 9.92. The summed E-state index contributed by atoms with van der Waals surface area (Å²) in [5.74, 6) is 0. The number of amides is 1. The molecule has 90 valence electrons. The van der Waals surface area contributed by atoms with Crippen molar-refractivity contribution >= 4 is 22.0 Å². The van der Waals surface area contributed by atoms with E-state index in [9.17, 15) is 4.79 Å². The monoisotopic (exact) mass is 288 g/mol. The van der Waals surface area contributed by atoms with E-state index < -0.39 is 5.60 Å². The zero-order valence-corrected chi connectivity index (χ0v) is 11.5. The van der Waals surface area contributed by atoms with Crippen molar-refractivity contribution in [2.75, 3.05) is 18.4 Å². The van der Waals surface area contributed by atoms with Crippen molar-refractivity contribution in [1.29, 1.82) is 5.26 Å². The van der Waals surface area contributed by atoms with Gasteiger partial charge in [0.05, 0.1) is 11.5 Å². The molecule has 1 aliphatic heterocycles. The first-order chi connectivity index (χ1) is 7.32. The van der Waals surface area contributed by atoms with Crippen LogP contribution in [0.1, 0.15) is 27.2 Å². The molecule has 1 rings (SSSR count). The van der Waals surface area contributed by atoms with E-state index in [1.54, 1.807) is 4.90 Å². The fourth-order valence-corrected chi connectivity index (χ4v) is 2.36. The summed E-state index contributed by atoms with van der Waals surface area (Å²) in [6.07, 6.45) is 0.441. The highest BCUT2D eigenvalue weighted by molar-refractivity contribution is 9.09. The Kier molecular flexibility index (Phi) is 3.84. The molecule has 0 spiro atoms. The van der Waals surface area contributed by atoms with Crippen LogP contribution in [0.3, 0.4) is 0 Å². The SMILES string of the molecule is CC(C)(C)OC(=O)N1CC(C#N)(CCBr)C1. The molecule has 0 aromatic heterocycles. The van der Waals surface area contributed by atoms with E-state index in [1.807, 2.05) is 20.8 Å². The molecular weight excluding hydrogens is 272 g/mol. The Labute approximate surface area is 105 Å². The van der Waals surface area contributed by atoms with Crippen molar-refractivity contribution < 1.29 is 9.53 Å². The molecule has 0 radical (unpaired) electrons. The molecule has 1 fully saturated rings.